The summed E-state index contributed by atoms with van der Waals surface area (Å²) in [6.07, 6.45) is -0.128. The van der Waals surface area contributed by atoms with E-state index in [2.05, 4.69) is 10.2 Å². The first kappa shape index (κ1) is 18.5. The summed E-state index contributed by atoms with van der Waals surface area (Å²) < 4.78 is 5.15. The smallest absolute Gasteiger partial charge is 0.312 e. The fourth-order valence-corrected chi connectivity index (χ4v) is 2.98. The molecule has 1 heterocycles. The molecular formula is C21H20N2O4. The molecule has 2 aromatic carbocycles. The van der Waals surface area contributed by atoms with Gasteiger partial charge in [0.05, 0.1) is 17.5 Å². The van der Waals surface area contributed by atoms with E-state index in [1.54, 1.807) is 24.3 Å². The largest absolute Gasteiger partial charge is 0.457 e. The van der Waals surface area contributed by atoms with Crippen LogP contribution >= 0.6 is 0 Å². The Morgan fingerprint density at radius 2 is 1.67 bits per heavy atom. The van der Waals surface area contributed by atoms with Crippen LogP contribution in [-0.2, 0) is 16.0 Å². The van der Waals surface area contributed by atoms with Crippen LogP contribution in [0, 0.1) is 20.8 Å². The van der Waals surface area contributed by atoms with Crippen molar-refractivity contribution < 1.29 is 14.3 Å². The molecule has 0 bridgehead atoms. The molecule has 1 aromatic heterocycles. The van der Waals surface area contributed by atoms with E-state index in [-0.39, 0.29) is 24.4 Å². The molecule has 6 heteroatoms. The number of H-pyrrole nitrogens is 1. The Morgan fingerprint density at radius 3 is 2.41 bits per heavy atom. The average molecular weight is 364 g/mol. The summed E-state index contributed by atoms with van der Waals surface area (Å²) in [6.45, 7) is 5.45. The first-order valence-electron chi connectivity index (χ1n) is 8.60. The minimum atomic E-state index is -0.575. The summed E-state index contributed by atoms with van der Waals surface area (Å²) in [5.74, 6) is -0.822. The van der Waals surface area contributed by atoms with Crippen LogP contribution in [0.15, 0.2) is 41.2 Å². The molecule has 138 valence electrons. The van der Waals surface area contributed by atoms with Crippen molar-refractivity contribution in [2.45, 2.75) is 27.2 Å². The number of hydrogen-bond acceptors (Lipinski definition) is 5. The van der Waals surface area contributed by atoms with Gasteiger partial charge in [-0.25, -0.2) is 5.10 Å². The van der Waals surface area contributed by atoms with Crippen LogP contribution in [0.4, 0.5) is 0 Å². The molecular weight excluding hydrogens is 344 g/mol. The molecule has 0 amide bonds. The van der Waals surface area contributed by atoms with Crippen LogP contribution in [0.25, 0.3) is 10.8 Å². The highest BCUT2D eigenvalue weighted by molar-refractivity contribution is 5.99. The Balaban J connectivity index is 1.71. The Bertz CT molecular complexity index is 1100. The number of rotatable bonds is 5. The average Bonchev–Trinajstić information content (AvgIpc) is 2.65. The van der Waals surface area contributed by atoms with Gasteiger partial charge in [0.2, 0.25) is 5.78 Å². The summed E-state index contributed by atoms with van der Waals surface area (Å²) in [4.78, 5) is 36.4. The predicted octanol–water partition coefficient (Wildman–Crippen LogP) is 2.82. The lowest BCUT2D eigenvalue weighted by molar-refractivity contribution is -0.141. The molecule has 6 nitrogen and oxygen atoms in total. The van der Waals surface area contributed by atoms with Gasteiger partial charge in [-0.15, -0.1) is 0 Å². The third kappa shape index (κ3) is 3.95. The number of aryl methyl sites for hydroxylation is 3. The van der Waals surface area contributed by atoms with Crippen molar-refractivity contribution in [1.29, 1.82) is 0 Å². The SMILES string of the molecule is Cc1cc(C)c(C(=O)COC(=O)Cc2n[nH]c(=O)c3ccccc23)cc1C. The van der Waals surface area contributed by atoms with E-state index in [1.165, 1.54) is 0 Å². The van der Waals surface area contributed by atoms with Crippen LogP contribution in [0.3, 0.4) is 0 Å². The van der Waals surface area contributed by atoms with Gasteiger partial charge in [0.15, 0.2) is 6.61 Å². The van der Waals surface area contributed by atoms with Crippen molar-refractivity contribution in [3.63, 3.8) is 0 Å². The van der Waals surface area contributed by atoms with Crippen LogP contribution in [0.2, 0.25) is 0 Å². The second kappa shape index (κ2) is 7.53. The van der Waals surface area contributed by atoms with Gasteiger partial charge in [0, 0.05) is 10.9 Å². The number of nitrogens with zero attached hydrogens (tertiary/aromatic N) is 1. The summed E-state index contributed by atoms with van der Waals surface area (Å²) in [5, 5.41) is 7.37. The highest BCUT2D eigenvalue weighted by Gasteiger charge is 2.16. The van der Waals surface area contributed by atoms with Crippen LogP contribution in [0.1, 0.15) is 32.7 Å². The molecule has 0 spiro atoms. The van der Waals surface area contributed by atoms with E-state index in [1.807, 2.05) is 32.9 Å². The molecule has 0 saturated carbocycles. The van der Waals surface area contributed by atoms with E-state index >= 15 is 0 Å². The van der Waals surface area contributed by atoms with Gasteiger partial charge in [0.25, 0.3) is 5.56 Å². The number of ether oxygens (including phenoxy) is 1. The van der Waals surface area contributed by atoms with Crippen LogP contribution in [0.5, 0.6) is 0 Å². The van der Waals surface area contributed by atoms with Gasteiger partial charge >= 0.3 is 5.97 Å². The third-order valence-electron chi connectivity index (χ3n) is 4.59. The molecule has 27 heavy (non-hydrogen) atoms. The molecule has 0 fully saturated rings. The zero-order valence-electron chi connectivity index (χ0n) is 15.5. The minimum Gasteiger partial charge on any atom is -0.457 e. The van der Waals surface area contributed by atoms with E-state index in [0.717, 1.165) is 16.7 Å². The number of hydrogen-bond donors (Lipinski definition) is 1. The summed E-state index contributed by atoms with van der Waals surface area (Å²) >= 11 is 0. The Morgan fingerprint density at radius 1 is 1.00 bits per heavy atom. The van der Waals surface area contributed by atoms with Gasteiger partial charge in [-0.2, -0.15) is 5.10 Å². The molecule has 3 rings (SSSR count). The molecule has 1 N–H and O–H groups in total. The normalized spacial score (nSPS) is 10.8. The Kier molecular flexibility index (Phi) is 5.16. The van der Waals surface area contributed by atoms with E-state index in [0.29, 0.717) is 22.0 Å². The number of benzene rings is 2. The maximum Gasteiger partial charge on any atom is 0.312 e. The number of fused-ring (bicyclic) bond motifs is 1. The molecule has 0 aliphatic heterocycles. The third-order valence-corrected chi connectivity index (χ3v) is 4.59. The van der Waals surface area contributed by atoms with Crippen molar-refractivity contribution in [3.8, 4) is 0 Å². The molecule has 0 aliphatic rings. The maximum atomic E-state index is 12.4. The number of Topliss-reactive ketones (excluding diaryl/α,β-unsaturated/α-hetero) is 1. The standard InChI is InChI=1S/C21H20N2O4/c1-12-8-14(3)17(9-13(12)2)19(24)11-27-20(25)10-18-15-6-4-5-7-16(15)21(26)23-22-18/h4-9H,10-11H2,1-3H3,(H,23,26). The van der Waals surface area contributed by atoms with Gasteiger partial charge in [0.1, 0.15) is 0 Å². The lowest BCUT2D eigenvalue weighted by Crippen LogP contribution is -2.19. The fraction of sp³-hybridized carbons (Fsp3) is 0.238. The lowest BCUT2D eigenvalue weighted by Gasteiger charge is -2.10. The summed E-state index contributed by atoms with van der Waals surface area (Å²) in [7, 11) is 0. The molecule has 0 saturated heterocycles. The zero-order chi connectivity index (χ0) is 19.6. The molecule has 0 aliphatic carbocycles. The summed E-state index contributed by atoms with van der Waals surface area (Å²) in [6, 6.07) is 10.7. The maximum absolute atomic E-state index is 12.4. The van der Waals surface area contributed by atoms with Crippen molar-refractivity contribution in [2.75, 3.05) is 6.61 Å². The Hall–Kier alpha value is -3.28. The van der Waals surface area contributed by atoms with Crippen LogP contribution in [-0.4, -0.2) is 28.6 Å². The minimum absolute atomic E-state index is 0.128. The molecule has 0 atom stereocenters. The molecule has 0 unspecified atom stereocenters. The topological polar surface area (TPSA) is 89.1 Å². The number of nitrogens with one attached hydrogen (secondary N) is 1. The zero-order valence-corrected chi connectivity index (χ0v) is 15.5. The summed E-state index contributed by atoms with van der Waals surface area (Å²) in [5.41, 5.74) is 3.62. The number of carbonyl (C=O) groups excluding carboxylic acids is 2. The van der Waals surface area contributed by atoms with Crippen molar-refractivity contribution in [3.05, 3.63) is 74.7 Å². The second-order valence-corrected chi connectivity index (χ2v) is 6.56. The van der Waals surface area contributed by atoms with Crippen molar-refractivity contribution in [2.24, 2.45) is 0 Å². The van der Waals surface area contributed by atoms with Gasteiger partial charge in [-0.1, -0.05) is 24.3 Å². The fourth-order valence-electron chi connectivity index (χ4n) is 2.98. The number of esters is 1. The highest BCUT2D eigenvalue weighted by atomic mass is 16.5. The van der Waals surface area contributed by atoms with E-state index in [4.69, 9.17) is 4.74 Å². The number of aromatic nitrogens is 2. The van der Waals surface area contributed by atoms with E-state index in [9.17, 15) is 14.4 Å². The van der Waals surface area contributed by atoms with E-state index < -0.39 is 5.97 Å². The van der Waals surface area contributed by atoms with Gasteiger partial charge in [-0.05, 0) is 49.6 Å². The van der Waals surface area contributed by atoms with Gasteiger partial charge in [-0.3, -0.25) is 14.4 Å². The number of carbonyl (C=O) groups is 2. The molecule has 0 radical (unpaired) electrons. The van der Waals surface area contributed by atoms with Crippen molar-refractivity contribution in [1.82, 2.24) is 10.2 Å². The predicted molar refractivity (Wildman–Crippen MR) is 102 cm³/mol. The molecule has 3 aromatic rings. The first-order valence-corrected chi connectivity index (χ1v) is 8.60. The highest BCUT2D eigenvalue weighted by Crippen LogP contribution is 2.17. The van der Waals surface area contributed by atoms with Crippen molar-refractivity contribution >= 4 is 22.5 Å². The second-order valence-electron chi connectivity index (χ2n) is 6.56. The Labute approximate surface area is 156 Å². The lowest BCUT2D eigenvalue weighted by atomic mass is 9.98. The van der Waals surface area contributed by atoms with Gasteiger partial charge < -0.3 is 4.74 Å². The van der Waals surface area contributed by atoms with Crippen LogP contribution < -0.4 is 5.56 Å². The quantitative estimate of drug-likeness (QED) is 0.555. The first-order chi connectivity index (χ1) is 12.9. The monoisotopic (exact) mass is 364 g/mol. The number of aromatic amines is 1. The number of ketones is 1.